The number of hydrogen-bond acceptors (Lipinski definition) is 4. The molecule has 0 spiro atoms. The van der Waals surface area contributed by atoms with Crippen molar-refractivity contribution in [2.75, 3.05) is 5.73 Å². The van der Waals surface area contributed by atoms with E-state index < -0.39 is 0 Å². The Morgan fingerprint density at radius 2 is 2.00 bits per heavy atom. The number of ketones is 1. The Morgan fingerprint density at radius 3 is 2.82 bits per heavy atom. The van der Waals surface area contributed by atoms with E-state index >= 15 is 0 Å². The van der Waals surface area contributed by atoms with Crippen molar-refractivity contribution in [3.8, 4) is 0 Å². The average Bonchev–Trinajstić information content (AvgIpc) is 3.03. The zero-order chi connectivity index (χ0) is 15.1. The molecule has 3 nitrogen and oxygen atoms in total. The number of carbonyl (C=O) groups is 1. The molecule has 4 heteroatoms. The number of Topliss-reactive ketones (excluding diaryl/α,β-unsaturated/α-hetero) is 1. The number of allylic oxidation sites excluding steroid dienone is 1. The molecular weight excluding hydrogens is 292 g/mol. The Bertz CT molecular complexity index is 910. The maximum absolute atomic E-state index is 12.8. The van der Waals surface area contributed by atoms with Crippen LogP contribution in [0, 0.1) is 0 Å². The molecule has 108 valence electrons. The van der Waals surface area contributed by atoms with Crippen LogP contribution in [0.15, 0.2) is 47.4 Å². The molecule has 0 amide bonds. The molecule has 2 N–H and O–H groups in total. The molecular formula is C18H14N2OS. The van der Waals surface area contributed by atoms with E-state index in [4.69, 9.17) is 5.73 Å². The third kappa shape index (κ3) is 2.04. The highest BCUT2D eigenvalue weighted by molar-refractivity contribution is 7.10. The lowest BCUT2D eigenvalue weighted by atomic mass is 9.87. The molecule has 0 saturated carbocycles. The number of carbonyl (C=O) groups excluding carboxylic acids is 1. The van der Waals surface area contributed by atoms with Crippen LogP contribution in [0.25, 0.3) is 17.0 Å². The molecule has 0 fully saturated rings. The van der Waals surface area contributed by atoms with Crippen LogP contribution in [0.3, 0.4) is 0 Å². The van der Waals surface area contributed by atoms with Gasteiger partial charge in [0.1, 0.15) is 0 Å². The second-order valence-corrected chi connectivity index (χ2v) is 6.36. The molecule has 1 aliphatic rings. The van der Waals surface area contributed by atoms with Gasteiger partial charge in [0.2, 0.25) is 0 Å². The predicted molar refractivity (Wildman–Crippen MR) is 91.1 cm³/mol. The summed E-state index contributed by atoms with van der Waals surface area (Å²) in [5.74, 6) is 0.0189. The number of thiophene rings is 1. The first-order valence-corrected chi connectivity index (χ1v) is 8.08. The number of benzene rings is 1. The standard InChI is InChI=1S/C18H14N2OS/c19-17-13-5-1-2-6-14(13)20-15-8-7-11(18(21)16(15)17)10-12-4-3-9-22-12/h1-6,9-10H,7-8H2,(H2,19,20)/b11-10+. The van der Waals surface area contributed by atoms with Crippen molar-refractivity contribution in [3.05, 3.63) is 63.5 Å². The van der Waals surface area contributed by atoms with E-state index in [0.29, 0.717) is 17.7 Å². The molecule has 3 aromatic rings. The van der Waals surface area contributed by atoms with Crippen molar-refractivity contribution >= 4 is 39.8 Å². The Balaban J connectivity index is 1.88. The largest absolute Gasteiger partial charge is 0.398 e. The van der Waals surface area contributed by atoms with Gasteiger partial charge in [-0.2, -0.15) is 0 Å². The SMILES string of the molecule is Nc1c2c(nc3ccccc13)CC/C(=C\c1cccs1)C2=O. The van der Waals surface area contributed by atoms with Crippen LogP contribution in [-0.4, -0.2) is 10.8 Å². The van der Waals surface area contributed by atoms with Gasteiger partial charge in [0.15, 0.2) is 5.78 Å². The van der Waals surface area contributed by atoms with Gasteiger partial charge in [0.25, 0.3) is 0 Å². The van der Waals surface area contributed by atoms with Crippen molar-refractivity contribution in [2.45, 2.75) is 12.8 Å². The van der Waals surface area contributed by atoms with E-state index in [0.717, 1.165) is 33.5 Å². The van der Waals surface area contributed by atoms with Crippen molar-refractivity contribution in [1.29, 1.82) is 0 Å². The van der Waals surface area contributed by atoms with Gasteiger partial charge in [-0.05, 0) is 36.4 Å². The molecule has 0 radical (unpaired) electrons. The monoisotopic (exact) mass is 306 g/mol. The number of pyridine rings is 1. The Morgan fingerprint density at radius 1 is 1.14 bits per heavy atom. The van der Waals surface area contributed by atoms with Gasteiger partial charge in [-0.25, -0.2) is 0 Å². The molecule has 1 aromatic carbocycles. The zero-order valence-corrected chi connectivity index (χ0v) is 12.7. The second-order valence-electron chi connectivity index (χ2n) is 5.38. The number of rotatable bonds is 1. The number of para-hydroxylation sites is 1. The number of nitrogens with zero attached hydrogens (tertiary/aromatic N) is 1. The van der Waals surface area contributed by atoms with Crippen LogP contribution < -0.4 is 5.73 Å². The van der Waals surface area contributed by atoms with Crippen molar-refractivity contribution in [1.82, 2.24) is 4.98 Å². The van der Waals surface area contributed by atoms with Gasteiger partial charge >= 0.3 is 0 Å². The molecule has 0 aliphatic heterocycles. The summed E-state index contributed by atoms with van der Waals surface area (Å²) in [6, 6.07) is 11.7. The smallest absolute Gasteiger partial charge is 0.193 e. The quantitative estimate of drug-likeness (QED) is 0.689. The highest BCUT2D eigenvalue weighted by Gasteiger charge is 2.26. The Labute approximate surface area is 132 Å². The van der Waals surface area contributed by atoms with Crippen LogP contribution in [0.2, 0.25) is 0 Å². The molecule has 0 bridgehead atoms. The van der Waals surface area contributed by atoms with E-state index in [9.17, 15) is 4.79 Å². The van der Waals surface area contributed by atoms with Gasteiger partial charge in [-0.3, -0.25) is 9.78 Å². The lowest BCUT2D eigenvalue weighted by molar-refractivity contribution is 0.102. The van der Waals surface area contributed by atoms with Crippen LogP contribution in [0.4, 0.5) is 5.69 Å². The maximum Gasteiger partial charge on any atom is 0.193 e. The fourth-order valence-corrected chi connectivity index (χ4v) is 3.62. The number of nitrogen functional groups attached to an aromatic ring is 1. The molecule has 0 unspecified atom stereocenters. The first-order chi connectivity index (χ1) is 10.7. The van der Waals surface area contributed by atoms with E-state index in [2.05, 4.69) is 4.98 Å². The Hall–Kier alpha value is -2.46. The highest BCUT2D eigenvalue weighted by Crippen LogP contribution is 2.33. The Kier molecular flexibility index (Phi) is 3.05. The second kappa shape index (κ2) is 5.07. The summed E-state index contributed by atoms with van der Waals surface area (Å²) in [7, 11) is 0. The van der Waals surface area contributed by atoms with E-state index in [1.54, 1.807) is 11.3 Å². The number of fused-ring (bicyclic) bond motifs is 2. The summed E-state index contributed by atoms with van der Waals surface area (Å²) < 4.78 is 0. The third-order valence-corrected chi connectivity index (χ3v) is 4.84. The number of anilines is 1. The minimum Gasteiger partial charge on any atom is -0.398 e. The summed E-state index contributed by atoms with van der Waals surface area (Å²) in [4.78, 5) is 18.6. The summed E-state index contributed by atoms with van der Waals surface area (Å²) in [6.45, 7) is 0. The number of hydrogen-bond donors (Lipinski definition) is 1. The number of aromatic nitrogens is 1. The van der Waals surface area contributed by atoms with Gasteiger partial charge in [-0.1, -0.05) is 24.3 Å². The summed E-state index contributed by atoms with van der Waals surface area (Å²) in [5.41, 5.74) is 9.93. The van der Waals surface area contributed by atoms with Crippen LogP contribution in [0.5, 0.6) is 0 Å². The summed E-state index contributed by atoms with van der Waals surface area (Å²) in [6.07, 6.45) is 3.45. The molecule has 2 heterocycles. The van der Waals surface area contributed by atoms with Crippen LogP contribution in [-0.2, 0) is 6.42 Å². The van der Waals surface area contributed by atoms with Crippen LogP contribution in [0.1, 0.15) is 27.3 Å². The first-order valence-electron chi connectivity index (χ1n) is 7.20. The highest BCUT2D eigenvalue weighted by atomic mass is 32.1. The molecule has 4 rings (SSSR count). The maximum atomic E-state index is 12.8. The topological polar surface area (TPSA) is 56.0 Å². The molecule has 0 saturated heterocycles. The lowest BCUT2D eigenvalue weighted by Gasteiger charge is -2.19. The average molecular weight is 306 g/mol. The van der Waals surface area contributed by atoms with Crippen LogP contribution >= 0.6 is 11.3 Å². The fourth-order valence-electron chi connectivity index (χ4n) is 2.93. The molecule has 22 heavy (non-hydrogen) atoms. The third-order valence-electron chi connectivity index (χ3n) is 4.02. The minimum absolute atomic E-state index is 0.0189. The molecule has 0 atom stereocenters. The molecule has 1 aliphatic carbocycles. The predicted octanol–water partition coefficient (Wildman–Crippen LogP) is 4.09. The number of nitrogens with two attached hydrogens (primary N) is 1. The normalized spacial score (nSPS) is 16.2. The van der Waals surface area contributed by atoms with Crippen molar-refractivity contribution < 1.29 is 4.79 Å². The summed E-state index contributed by atoms with van der Waals surface area (Å²) in [5, 5.41) is 2.86. The van der Waals surface area contributed by atoms with E-state index in [1.807, 2.05) is 47.9 Å². The fraction of sp³-hybridized carbons (Fsp3) is 0.111. The number of aryl methyl sites for hydroxylation is 1. The first kappa shape index (κ1) is 13.2. The van der Waals surface area contributed by atoms with Gasteiger partial charge in [0, 0.05) is 15.8 Å². The van der Waals surface area contributed by atoms with Crippen molar-refractivity contribution in [3.63, 3.8) is 0 Å². The van der Waals surface area contributed by atoms with E-state index in [-0.39, 0.29) is 5.78 Å². The molecule has 2 aromatic heterocycles. The zero-order valence-electron chi connectivity index (χ0n) is 11.9. The van der Waals surface area contributed by atoms with Crippen molar-refractivity contribution in [2.24, 2.45) is 0 Å². The van der Waals surface area contributed by atoms with Gasteiger partial charge < -0.3 is 5.73 Å². The summed E-state index contributed by atoms with van der Waals surface area (Å²) >= 11 is 1.63. The lowest BCUT2D eigenvalue weighted by Crippen LogP contribution is -2.18. The minimum atomic E-state index is 0.0189. The van der Waals surface area contributed by atoms with Gasteiger partial charge in [-0.15, -0.1) is 11.3 Å². The van der Waals surface area contributed by atoms with E-state index in [1.165, 1.54) is 0 Å². The van der Waals surface area contributed by atoms with Gasteiger partial charge in [0.05, 0.1) is 22.5 Å².